The molecule has 1 aliphatic heterocycles. The fourth-order valence-electron chi connectivity index (χ4n) is 2.09. The number of hydrogen-bond donors (Lipinski definition) is 2. The van der Waals surface area contributed by atoms with Crippen molar-refractivity contribution < 1.29 is 4.74 Å². The van der Waals surface area contributed by atoms with Gasteiger partial charge in [0.25, 0.3) is 0 Å². The first kappa shape index (κ1) is 14.0. The first-order valence-corrected chi connectivity index (χ1v) is 7.01. The Balaban J connectivity index is 1.65. The topological polar surface area (TPSA) is 62.3 Å². The summed E-state index contributed by atoms with van der Waals surface area (Å²) in [7, 11) is 0. The molecule has 1 aromatic rings. The van der Waals surface area contributed by atoms with Gasteiger partial charge in [0.2, 0.25) is 11.8 Å². The quantitative estimate of drug-likeness (QED) is 0.703. The lowest BCUT2D eigenvalue weighted by Crippen LogP contribution is -2.44. The van der Waals surface area contributed by atoms with E-state index in [4.69, 9.17) is 4.74 Å². The minimum Gasteiger partial charge on any atom is -0.478 e. The van der Waals surface area contributed by atoms with Crippen LogP contribution in [0, 0.1) is 0 Å². The lowest BCUT2D eigenvalue weighted by molar-refractivity contribution is 0.240. The molecule has 0 amide bonds. The van der Waals surface area contributed by atoms with Crippen molar-refractivity contribution in [3.05, 3.63) is 12.3 Å². The maximum Gasteiger partial charge on any atom is 0.225 e. The van der Waals surface area contributed by atoms with E-state index in [0.717, 1.165) is 45.7 Å². The molecule has 0 atom stereocenters. The van der Waals surface area contributed by atoms with Gasteiger partial charge in [0.1, 0.15) is 0 Å². The second-order valence-electron chi connectivity index (χ2n) is 4.52. The number of nitrogens with one attached hydrogen (secondary N) is 2. The van der Waals surface area contributed by atoms with Crippen molar-refractivity contribution in [3.8, 4) is 5.88 Å². The molecule has 6 nitrogen and oxygen atoms in total. The first-order chi connectivity index (χ1) is 9.38. The highest BCUT2D eigenvalue weighted by atomic mass is 16.5. The molecule has 2 N–H and O–H groups in total. The van der Waals surface area contributed by atoms with Crippen LogP contribution in [0.2, 0.25) is 0 Å². The van der Waals surface area contributed by atoms with Gasteiger partial charge in [0, 0.05) is 45.0 Å². The maximum atomic E-state index is 5.34. The molecule has 106 valence electrons. The monoisotopic (exact) mass is 265 g/mol. The Morgan fingerprint density at radius 3 is 3.05 bits per heavy atom. The molecule has 0 saturated carbocycles. The lowest BCUT2D eigenvalue weighted by Gasteiger charge is -2.27. The Morgan fingerprint density at radius 2 is 2.26 bits per heavy atom. The van der Waals surface area contributed by atoms with Crippen LogP contribution in [-0.2, 0) is 0 Å². The Morgan fingerprint density at radius 1 is 1.42 bits per heavy atom. The summed E-state index contributed by atoms with van der Waals surface area (Å²) < 4.78 is 5.34. The average molecular weight is 265 g/mol. The predicted octanol–water partition coefficient (Wildman–Crippen LogP) is 0.583. The van der Waals surface area contributed by atoms with Gasteiger partial charge in [0.05, 0.1) is 6.61 Å². The van der Waals surface area contributed by atoms with Gasteiger partial charge in [-0.1, -0.05) is 0 Å². The van der Waals surface area contributed by atoms with E-state index >= 15 is 0 Å². The highest BCUT2D eigenvalue weighted by molar-refractivity contribution is 5.27. The molecule has 0 aromatic carbocycles. The normalized spacial score (nSPS) is 16.3. The molecule has 1 fully saturated rings. The third kappa shape index (κ3) is 5.00. The van der Waals surface area contributed by atoms with Crippen LogP contribution in [0.25, 0.3) is 0 Å². The van der Waals surface area contributed by atoms with E-state index < -0.39 is 0 Å². The van der Waals surface area contributed by atoms with Gasteiger partial charge in [-0.2, -0.15) is 4.98 Å². The minimum atomic E-state index is 0.624. The van der Waals surface area contributed by atoms with Crippen LogP contribution >= 0.6 is 0 Å². The fraction of sp³-hybridized carbons (Fsp3) is 0.692. The molecule has 0 unspecified atom stereocenters. The predicted molar refractivity (Wildman–Crippen MR) is 75.6 cm³/mol. The van der Waals surface area contributed by atoms with Crippen molar-refractivity contribution in [1.82, 2.24) is 20.2 Å². The molecule has 1 aliphatic rings. The van der Waals surface area contributed by atoms with Crippen LogP contribution in [0.4, 0.5) is 5.95 Å². The van der Waals surface area contributed by atoms with Gasteiger partial charge in [0.15, 0.2) is 0 Å². The lowest BCUT2D eigenvalue weighted by atomic mass is 10.3. The summed E-state index contributed by atoms with van der Waals surface area (Å²) in [6.07, 6.45) is 2.82. The third-order valence-electron chi connectivity index (χ3n) is 3.07. The zero-order valence-electron chi connectivity index (χ0n) is 11.6. The number of hydrogen-bond acceptors (Lipinski definition) is 6. The van der Waals surface area contributed by atoms with Crippen LogP contribution in [-0.4, -0.2) is 60.7 Å². The Labute approximate surface area is 114 Å². The second-order valence-corrected chi connectivity index (χ2v) is 4.52. The number of piperazine rings is 1. The van der Waals surface area contributed by atoms with Crippen molar-refractivity contribution in [2.45, 2.75) is 13.3 Å². The highest BCUT2D eigenvalue weighted by Crippen LogP contribution is 2.08. The van der Waals surface area contributed by atoms with Crippen LogP contribution in [0.5, 0.6) is 5.88 Å². The summed E-state index contributed by atoms with van der Waals surface area (Å²) in [5.74, 6) is 1.27. The Bertz CT molecular complexity index is 368. The molecule has 2 heterocycles. The molecule has 2 rings (SSSR count). The number of ether oxygens (including phenoxy) is 1. The Hall–Kier alpha value is -1.40. The summed E-state index contributed by atoms with van der Waals surface area (Å²) in [4.78, 5) is 10.9. The van der Waals surface area contributed by atoms with Crippen molar-refractivity contribution in [2.24, 2.45) is 0 Å². The highest BCUT2D eigenvalue weighted by Gasteiger charge is 2.08. The summed E-state index contributed by atoms with van der Waals surface area (Å²) in [5.41, 5.74) is 0. The number of rotatable bonds is 7. The fourth-order valence-corrected chi connectivity index (χ4v) is 2.09. The maximum absolute atomic E-state index is 5.34. The molecular formula is C13H23N5O. The van der Waals surface area contributed by atoms with E-state index in [-0.39, 0.29) is 0 Å². The van der Waals surface area contributed by atoms with Crippen LogP contribution < -0.4 is 15.4 Å². The summed E-state index contributed by atoms with van der Waals surface area (Å²) >= 11 is 0. The molecule has 0 spiro atoms. The average Bonchev–Trinajstić information content (AvgIpc) is 2.46. The standard InChI is InChI=1S/C13H23N5O/c1-2-19-12-4-6-16-13(17-12)15-5-3-9-18-10-7-14-8-11-18/h4,6,14H,2-3,5,7-11H2,1H3,(H,15,16,17). The molecule has 6 heteroatoms. The van der Waals surface area contributed by atoms with Gasteiger partial charge in [-0.3, -0.25) is 0 Å². The molecular weight excluding hydrogens is 242 g/mol. The zero-order valence-corrected chi connectivity index (χ0v) is 11.6. The largest absolute Gasteiger partial charge is 0.478 e. The number of aromatic nitrogens is 2. The van der Waals surface area contributed by atoms with Gasteiger partial charge in [-0.25, -0.2) is 4.98 Å². The van der Waals surface area contributed by atoms with Crippen LogP contribution in [0.15, 0.2) is 12.3 Å². The van der Waals surface area contributed by atoms with E-state index in [1.54, 1.807) is 12.3 Å². The molecule has 19 heavy (non-hydrogen) atoms. The van der Waals surface area contributed by atoms with Crippen LogP contribution in [0.1, 0.15) is 13.3 Å². The van der Waals surface area contributed by atoms with Gasteiger partial charge in [-0.15, -0.1) is 0 Å². The van der Waals surface area contributed by atoms with Gasteiger partial charge < -0.3 is 20.3 Å². The van der Waals surface area contributed by atoms with Crippen molar-refractivity contribution in [2.75, 3.05) is 51.2 Å². The second kappa shape index (κ2) is 7.91. The van der Waals surface area contributed by atoms with Gasteiger partial charge in [-0.05, 0) is 19.9 Å². The summed E-state index contributed by atoms with van der Waals surface area (Å²) in [5, 5.41) is 6.60. The van der Waals surface area contributed by atoms with Crippen molar-refractivity contribution >= 4 is 5.95 Å². The van der Waals surface area contributed by atoms with Crippen LogP contribution in [0.3, 0.4) is 0 Å². The number of nitrogens with zero attached hydrogens (tertiary/aromatic N) is 3. The van der Waals surface area contributed by atoms with E-state index in [2.05, 4.69) is 25.5 Å². The minimum absolute atomic E-state index is 0.624. The van der Waals surface area contributed by atoms with E-state index in [1.165, 1.54) is 0 Å². The van der Waals surface area contributed by atoms with Crippen molar-refractivity contribution in [3.63, 3.8) is 0 Å². The molecule has 1 aromatic heterocycles. The Kier molecular flexibility index (Phi) is 5.84. The summed E-state index contributed by atoms with van der Waals surface area (Å²) in [6.45, 7) is 9.09. The molecule has 0 aliphatic carbocycles. The summed E-state index contributed by atoms with van der Waals surface area (Å²) in [6, 6.07) is 1.77. The first-order valence-electron chi connectivity index (χ1n) is 7.01. The SMILES string of the molecule is CCOc1ccnc(NCCCN2CCNCC2)n1. The molecule has 0 radical (unpaired) electrons. The molecule has 1 saturated heterocycles. The van der Waals surface area contributed by atoms with E-state index in [0.29, 0.717) is 18.4 Å². The van der Waals surface area contributed by atoms with Crippen molar-refractivity contribution in [1.29, 1.82) is 0 Å². The zero-order chi connectivity index (χ0) is 13.3. The van der Waals surface area contributed by atoms with E-state index in [9.17, 15) is 0 Å². The number of anilines is 1. The van der Waals surface area contributed by atoms with E-state index in [1.807, 2.05) is 6.92 Å². The smallest absolute Gasteiger partial charge is 0.225 e. The molecule has 0 bridgehead atoms. The van der Waals surface area contributed by atoms with Gasteiger partial charge >= 0.3 is 0 Å². The third-order valence-corrected chi connectivity index (χ3v) is 3.07.